The molecule has 1 rings (SSSR count). The topological polar surface area (TPSA) is 52.6 Å². The Labute approximate surface area is 107 Å². The first-order chi connectivity index (χ1) is 8.25. The summed E-state index contributed by atoms with van der Waals surface area (Å²) in [5.41, 5.74) is 3.39. The lowest BCUT2D eigenvalue weighted by atomic mass is 9.98. The first kappa shape index (κ1) is 14.2. The monoisotopic (exact) mass is 250 g/mol. The Morgan fingerprint density at radius 1 is 0.667 bits per heavy atom. The first-order valence-corrected chi connectivity index (χ1v) is 5.72. The van der Waals surface area contributed by atoms with Crippen molar-refractivity contribution >= 4 is 11.9 Å². The molecule has 0 fully saturated rings. The molecule has 0 radical (unpaired) electrons. The van der Waals surface area contributed by atoms with E-state index in [2.05, 4.69) is 0 Å². The molecule has 0 aliphatic rings. The maximum absolute atomic E-state index is 11.1. The van der Waals surface area contributed by atoms with Crippen molar-refractivity contribution in [2.75, 3.05) is 0 Å². The van der Waals surface area contributed by atoms with Gasteiger partial charge in [-0.15, -0.1) is 0 Å². The van der Waals surface area contributed by atoms with Gasteiger partial charge in [0.2, 0.25) is 0 Å². The van der Waals surface area contributed by atoms with E-state index >= 15 is 0 Å². The lowest BCUT2D eigenvalue weighted by molar-refractivity contribution is -0.132. The Balaban J connectivity index is 3.48. The number of hydrogen-bond acceptors (Lipinski definition) is 4. The molecule has 4 heteroatoms. The van der Waals surface area contributed by atoms with Gasteiger partial charge in [-0.3, -0.25) is 9.59 Å². The van der Waals surface area contributed by atoms with Gasteiger partial charge in [-0.1, -0.05) is 0 Å². The normalized spacial score (nSPS) is 10.1. The number of hydrogen-bond donors (Lipinski definition) is 0. The fourth-order valence-electron chi connectivity index (χ4n) is 1.88. The summed E-state index contributed by atoms with van der Waals surface area (Å²) in [6.07, 6.45) is 0. The molecule has 4 nitrogen and oxygen atoms in total. The Hall–Kier alpha value is -1.84. The van der Waals surface area contributed by atoms with Crippen molar-refractivity contribution in [2.45, 2.75) is 41.5 Å². The molecule has 0 bridgehead atoms. The number of carbonyl (C=O) groups excluding carboxylic acids is 2. The zero-order valence-corrected chi connectivity index (χ0v) is 11.6. The van der Waals surface area contributed by atoms with Crippen LogP contribution in [0.15, 0.2) is 0 Å². The predicted molar refractivity (Wildman–Crippen MR) is 68.0 cm³/mol. The van der Waals surface area contributed by atoms with Crippen molar-refractivity contribution in [3.05, 3.63) is 22.3 Å². The van der Waals surface area contributed by atoms with Crippen LogP contribution in [0.3, 0.4) is 0 Å². The van der Waals surface area contributed by atoms with E-state index in [1.807, 2.05) is 20.8 Å². The van der Waals surface area contributed by atoms with Gasteiger partial charge >= 0.3 is 11.9 Å². The predicted octanol–water partition coefficient (Wildman–Crippen LogP) is 2.77. The van der Waals surface area contributed by atoms with Crippen molar-refractivity contribution in [2.24, 2.45) is 0 Å². The van der Waals surface area contributed by atoms with Crippen molar-refractivity contribution in [1.82, 2.24) is 0 Å². The highest BCUT2D eigenvalue weighted by Gasteiger charge is 2.19. The molecule has 0 spiro atoms. The summed E-state index contributed by atoms with van der Waals surface area (Å²) in [7, 11) is 0. The smallest absolute Gasteiger partial charge is 0.308 e. The van der Waals surface area contributed by atoms with Gasteiger partial charge in [0.1, 0.15) is 11.5 Å². The van der Waals surface area contributed by atoms with E-state index < -0.39 is 11.9 Å². The molecule has 0 unspecified atom stereocenters. The molecule has 0 saturated carbocycles. The zero-order valence-electron chi connectivity index (χ0n) is 11.6. The van der Waals surface area contributed by atoms with Gasteiger partial charge in [-0.05, 0) is 44.4 Å². The lowest BCUT2D eigenvalue weighted by Gasteiger charge is -2.18. The summed E-state index contributed by atoms with van der Waals surface area (Å²) < 4.78 is 10.4. The molecule has 18 heavy (non-hydrogen) atoms. The van der Waals surface area contributed by atoms with E-state index in [0.717, 1.165) is 16.7 Å². The molecule has 0 N–H and O–H groups in total. The lowest BCUT2D eigenvalue weighted by Crippen LogP contribution is -2.10. The molecule has 1 aromatic rings. The van der Waals surface area contributed by atoms with E-state index in [9.17, 15) is 9.59 Å². The van der Waals surface area contributed by atoms with Crippen molar-refractivity contribution in [3.63, 3.8) is 0 Å². The van der Waals surface area contributed by atoms with Crippen LogP contribution < -0.4 is 9.47 Å². The van der Waals surface area contributed by atoms with Crippen molar-refractivity contribution < 1.29 is 19.1 Å². The minimum Gasteiger partial charge on any atom is -0.426 e. The number of rotatable bonds is 2. The molecule has 98 valence electrons. The zero-order chi connectivity index (χ0) is 14.0. The van der Waals surface area contributed by atoms with E-state index in [4.69, 9.17) is 9.47 Å². The SMILES string of the molecule is CC(=O)Oc1c(C)c(C)c(C)c(OC(C)=O)c1C. The molecule has 0 aliphatic heterocycles. The highest BCUT2D eigenvalue weighted by atomic mass is 16.5. The summed E-state index contributed by atoms with van der Waals surface area (Å²) >= 11 is 0. The molecule has 0 saturated heterocycles. The highest BCUT2D eigenvalue weighted by Crippen LogP contribution is 2.37. The maximum atomic E-state index is 11.1. The van der Waals surface area contributed by atoms with E-state index in [0.29, 0.717) is 17.1 Å². The van der Waals surface area contributed by atoms with Gasteiger partial charge in [0.15, 0.2) is 0 Å². The third-order valence-electron chi connectivity index (χ3n) is 2.98. The number of esters is 2. The van der Waals surface area contributed by atoms with Gasteiger partial charge < -0.3 is 9.47 Å². The quantitative estimate of drug-likeness (QED) is 0.598. The van der Waals surface area contributed by atoms with Gasteiger partial charge in [0.05, 0.1) is 0 Å². The molecular weight excluding hydrogens is 232 g/mol. The first-order valence-electron chi connectivity index (χ1n) is 5.72. The largest absolute Gasteiger partial charge is 0.426 e. The Kier molecular flexibility index (Phi) is 4.11. The van der Waals surface area contributed by atoms with Crippen LogP contribution in [-0.2, 0) is 9.59 Å². The van der Waals surface area contributed by atoms with Crippen LogP contribution in [0.4, 0.5) is 0 Å². The van der Waals surface area contributed by atoms with Gasteiger partial charge in [0.25, 0.3) is 0 Å². The summed E-state index contributed by atoms with van der Waals surface area (Å²) in [5, 5.41) is 0. The van der Waals surface area contributed by atoms with Crippen molar-refractivity contribution in [3.8, 4) is 11.5 Å². The molecule has 0 aliphatic carbocycles. The third-order valence-corrected chi connectivity index (χ3v) is 2.98. The molecule has 0 heterocycles. The Morgan fingerprint density at radius 3 is 1.28 bits per heavy atom. The summed E-state index contributed by atoms with van der Waals surface area (Å²) in [4.78, 5) is 22.2. The van der Waals surface area contributed by atoms with Gasteiger partial charge in [0, 0.05) is 19.4 Å². The summed E-state index contributed by atoms with van der Waals surface area (Å²) in [6, 6.07) is 0. The average Bonchev–Trinajstić information content (AvgIpc) is 2.27. The van der Waals surface area contributed by atoms with E-state index in [-0.39, 0.29) is 0 Å². The van der Waals surface area contributed by atoms with Crippen LogP contribution in [0.2, 0.25) is 0 Å². The second-order valence-electron chi connectivity index (χ2n) is 4.35. The van der Waals surface area contributed by atoms with Crippen LogP contribution in [0.5, 0.6) is 11.5 Å². The molecule has 0 atom stereocenters. The van der Waals surface area contributed by atoms with Crippen LogP contribution >= 0.6 is 0 Å². The van der Waals surface area contributed by atoms with Crippen LogP contribution in [-0.4, -0.2) is 11.9 Å². The second-order valence-corrected chi connectivity index (χ2v) is 4.35. The molecule has 0 amide bonds. The van der Waals surface area contributed by atoms with Crippen molar-refractivity contribution in [1.29, 1.82) is 0 Å². The fourth-order valence-corrected chi connectivity index (χ4v) is 1.88. The van der Waals surface area contributed by atoms with Crippen LogP contribution in [0.25, 0.3) is 0 Å². The summed E-state index contributed by atoms with van der Waals surface area (Å²) in [5.74, 6) is 0.167. The Morgan fingerprint density at radius 2 is 1.00 bits per heavy atom. The van der Waals surface area contributed by atoms with Crippen LogP contribution in [0, 0.1) is 27.7 Å². The minimum absolute atomic E-state index is 0.391. The third kappa shape index (κ3) is 2.70. The molecular formula is C14H18O4. The van der Waals surface area contributed by atoms with Gasteiger partial charge in [-0.25, -0.2) is 0 Å². The van der Waals surface area contributed by atoms with Crippen LogP contribution in [0.1, 0.15) is 36.1 Å². The maximum Gasteiger partial charge on any atom is 0.308 e. The van der Waals surface area contributed by atoms with Gasteiger partial charge in [-0.2, -0.15) is 0 Å². The minimum atomic E-state index is -0.391. The highest BCUT2D eigenvalue weighted by molar-refractivity contribution is 5.75. The van der Waals surface area contributed by atoms with E-state index in [1.54, 1.807) is 6.92 Å². The molecule has 0 aromatic heterocycles. The average molecular weight is 250 g/mol. The van der Waals surface area contributed by atoms with E-state index in [1.165, 1.54) is 13.8 Å². The summed E-state index contributed by atoms with van der Waals surface area (Å²) in [6.45, 7) is 10.1. The molecule has 1 aromatic carbocycles. The number of benzene rings is 1. The Bertz CT molecular complexity index is 472. The second kappa shape index (κ2) is 5.21. The number of ether oxygens (including phenoxy) is 2. The standard InChI is InChI=1S/C14H18O4/c1-7-8(2)13(17-11(5)15)10(4)14(9(7)3)18-12(6)16/h1-6H3. The number of carbonyl (C=O) groups is 2. The fraction of sp³-hybridized carbons (Fsp3) is 0.429.